The van der Waals surface area contributed by atoms with Gasteiger partial charge in [-0.05, 0) is 67.6 Å². The van der Waals surface area contributed by atoms with Crippen LogP contribution >= 0.6 is 58.2 Å². The summed E-state index contributed by atoms with van der Waals surface area (Å²) in [5, 5.41) is 3.87. The number of hydrogen-bond donors (Lipinski definition) is 2. The monoisotopic (exact) mass is 548 g/mol. The fraction of sp³-hybridized carbons (Fsp3) is 0.0952. The zero-order chi connectivity index (χ0) is 23.5. The maximum absolute atomic E-state index is 12.6. The molecule has 2 N–H and O–H groups in total. The molecule has 0 heterocycles. The van der Waals surface area contributed by atoms with Gasteiger partial charge in [0.15, 0.2) is 0 Å². The number of sulfonamides is 1. The van der Waals surface area contributed by atoms with Crippen LogP contribution in [0.2, 0.25) is 20.1 Å². The van der Waals surface area contributed by atoms with Crippen LogP contribution < -0.4 is 10.0 Å². The second-order valence-corrected chi connectivity index (χ2v) is 11.3. The summed E-state index contributed by atoms with van der Waals surface area (Å²) in [6.07, 6.45) is 0. The fourth-order valence-electron chi connectivity index (χ4n) is 2.55. The third-order valence-corrected chi connectivity index (χ3v) is 8.14. The first-order valence-corrected chi connectivity index (χ1v) is 12.9. The lowest BCUT2D eigenvalue weighted by molar-refractivity contribution is -0.115. The van der Waals surface area contributed by atoms with Crippen molar-refractivity contribution in [3.63, 3.8) is 0 Å². The van der Waals surface area contributed by atoms with E-state index in [1.807, 2.05) is 0 Å². The van der Waals surface area contributed by atoms with Crippen LogP contribution in [0.15, 0.2) is 70.5 Å². The highest BCUT2D eigenvalue weighted by Gasteiger charge is 2.18. The van der Waals surface area contributed by atoms with Crippen molar-refractivity contribution in [2.24, 2.45) is 0 Å². The lowest BCUT2D eigenvalue weighted by Gasteiger charge is -2.14. The average molecular weight is 550 g/mol. The van der Waals surface area contributed by atoms with E-state index in [0.29, 0.717) is 25.7 Å². The summed E-state index contributed by atoms with van der Waals surface area (Å²) < 4.78 is 27.6. The molecule has 0 aliphatic carbocycles. The summed E-state index contributed by atoms with van der Waals surface area (Å²) in [5.74, 6) is -0.268. The number of carbonyl (C=O) groups excluding carboxylic acids is 1. The van der Waals surface area contributed by atoms with Crippen LogP contribution in [-0.4, -0.2) is 19.6 Å². The average Bonchev–Trinajstić information content (AvgIpc) is 2.73. The second kappa shape index (κ2) is 10.5. The Kier molecular flexibility index (Phi) is 8.25. The van der Waals surface area contributed by atoms with Crippen LogP contribution in [-0.2, 0) is 14.8 Å². The van der Waals surface area contributed by atoms with Gasteiger partial charge in [0, 0.05) is 15.6 Å². The minimum Gasteiger partial charge on any atom is -0.325 e. The number of hydrogen-bond acceptors (Lipinski definition) is 4. The van der Waals surface area contributed by atoms with E-state index in [9.17, 15) is 13.2 Å². The van der Waals surface area contributed by atoms with Crippen LogP contribution in [0, 0.1) is 0 Å². The normalized spacial score (nSPS) is 12.3. The Morgan fingerprint density at radius 2 is 1.47 bits per heavy atom. The third-order valence-electron chi connectivity index (χ3n) is 4.17. The molecule has 0 spiro atoms. The van der Waals surface area contributed by atoms with E-state index < -0.39 is 15.3 Å². The highest BCUT2D eigenvalue weighted by molar-refractivity contribution is 8.00. The molecule has 0 unspecified atom stereocenters. The highest BCUT2D eigenvalue weighted by Crippen LogP contribution is 2.33. The molecule has 3 aromatic rings. The molecule has 0 fully saturated rings. The molecule has 0 aliphatic heterocycles. The zero-order valence-corrected chi connectivity index (χ0v) is 21.1. The topological polar surface area (TPSA) is 75.3 Å². The summed E-state index contributed by atoms with van der Waals surface area (Å²) in [6.45, 7) is 1.73. The molecular weight excluding hydrogens is 534 g/mol. The molecule has 3 aromatic carbocycles. The fourth-order valence-corrected chi connectivity index (χ4v) is 5.30. The zero-order valence-electron chi connectivity index (χ0n) is 16.4. The first-order chi connectivity index (χ1) is 15.0. The third kappa shape index (κ3) is 6.47. The predicted octanol–water partition coefficient (Wildman–Crippen LogP) is 7.22. The van der Waals surface area contributed by atoms with E-state index in [4.69, 9.17) is 46.4 Å². The number of rotatable bonds is 7. The molecule has 0 aromatic heterocycles. The SMILES string of the molecule is C[C@H](Sc1cc(Cl)ccc1Cl)C(=O)Nc1ccc(S(=O)(=O)Nc2ccc(Cl)c(Cl)c2)cc1. The molecule has 0 bridgehead atoms. The van der Waals surface area contributed by atoms with Crippen molar-refractivity contribution in [3.05, 3.63) is 80.8 Å². The number of benzene rings is 3. The summed E-state index contributed by atoms with van der Waals surface area (Å²) in [5.41, 5.74) is 0.732. The Hall–Kier alpha value is -1.61. The summed E-state index contributed by atoms with van der Waals surface area (Å²) >= 11 is 25.2. The molecule has 0 aliphatic rings. The van der Waals surface area contributed by atoms with Gasteiger partial charge in [0.2, 0.25) is 5.91 Å². The number of thioether (sulfide) groups is 1. The molecule has 0 radical (unpaired) electrons. The van der Waals surface area contributed by atoms with Crippen molar-refractivity contribution in [1.82, 2.24) is 0 Å². The Morgan fingerprint density at radius 3 is 2.12 bits per heavy atom. The van der Waals surface area contributed by atoms with Crippen LogP contribution in [0.1, 0.15) is 6.92 Å². The van der Waals surface area contributed by atoms with Gasteiger partial charge in [0.25, 0.3) is 10.0 Å². The van der Waals surface area contributed by atoms with Gasteiger partial charge in [-0.15, -0.1) is 11.8 Å². The van der Waals surface area contributed by atoms with E-state index in [2.05, 4.69) is 10.0 Å². The molecule has 168 valence electrons. The van der Waals surface area contributed by atoms with Crippen molar-refractivity contribution in [1.29, 1.82) is 0 Å². The van der Waals surface area contributed by atoms with E-state index in [0.717, 1.165) is 0 Å². The lowest BCUT2D eigenvalue weighted by atomic mass is 10.3. The number of carbonyl (C=O) groups is 1. The van der Waals surface area contributed by atoms with Crippen molar-refractivity contribution in [3.8, 4) is 0 Å². The van der Waals surface area contributed by atoms with Crippen LogP contribution in [0.25, 0.3) is 0 Å². The largest absolute Gasteiger partial charge is 0.325 e. The summed E-state index contributed by atoms with van der Waals surface area (Å²) in [4.78, 5) is 13.2. The minimum atomic E-state index is -3.85. The lowest BCUT2D eigenvalue weighted by Crippen LogP contribution is -2.22. The molecule has 0 saturated heterocycles. The van der Waals surface area contributed by atoms with Crippen LogP contribution in [0.4, 0.5) is 11.4 Å². The van der Waals surface area contributed by atoms with E-state index >= 15 is 0 Å². The second-order valence-electron chi connectivity index (χ2n) is 6.58. The van der Waals surface area contributed by atoms with Crippen molar-refractivity contribution < 1.29 is 13.2 Å². The predicted molar refractivity (Wildman–Crippen MR) is 134 cm³/mol. The Morgan fingerprint density at radius 1 is 0.844 bits per heavy atom. The summed E-state index contributed by atoms with van der Waals surface area (Å²) in [6, 6.07) is 15.2. The standard InChI is InChI=1S/C21H16Cl4N2O3S2/c1-12(31-20-10-13(22)2-8-18(20)24)21(28)26-14-3-6-16(7-4-14)32(29,30)27-15-5-9-17(23)19(25)11-15/h2-12,27H,1H3,(H,26,28)/t12-/m0/s1. The van der Waals surface area contributed by atoms with Gasteiger partial charge in [-0.3, -0.25) is 9.52 Å². The Bertz CT molecular complexity index is 1250. The molecule has 3 rings (SSSR count). The van der Waals surface area contributed by atoms with E-state index in [1.54, 1.807) is 25.1 Å². The van der Waals surface area contributed by atoms with Crippen molar-refractivity contribution >= 4 is 85.5 Å². The Labute approximate surface area is 210 Å². The maximum Gasteiger partial charge on any atom is 0.261 e. The van der Waals surface area contributed by atoms with Gasteiger partial charge in [0.1, 0.15) is 0 Å². The van der Waals surface area contributed by atoms with E-state index in [-0.39, 0.29) is 21.5 Å². The van der Waals surface area contributed by atoms with Crippen LogP contribution in [0.5, 0.6) is 0 Å². The maximum atomic E-state index is 12.6. The van der Waals surface area contributed by atoms with Gasteiger partial charge >= 0.3 is 0 Å². The Balaban J connectivity index is 1.66. The van der Waals surface area contributed by atoms with Crippen molar-refractivity contribution in [2.75, 3.05) is 10.0 Å². The van der Waals surface area contributed by atoms with Gasteiger partial charge in [-0.25, -0.2) is 8.42 Å². The minimum absolute atomic E-state index is 0.0229. The molecular formula is C21H16Cl4N2O3S2. The highest BCUT2D eigenvalue weighted by atomic mass is 35.5. The van der Waals surface area contributed by atoms with Gasteiger partial charge in [0.05, 0.1) is 30.9 Å². The van der Waals surface area contributed by atoms with Gasteiger partial charge < -0.3 is 5.32 Å². The number of nitrogens with one attached hydrogen (secondary N) is 2. The number of amides is 1. The van der Waals surface area contributed by atoms with Crippen LogP contribution in [0.3, 0.4) is 0 Å². The first-order valence-electron chi connectivity index (χ1n) is 9.05. The molecule has 0 saturated carbocycles. The van der Waals surface area contributed by atoms with Gasteiger partial charge in [-0.2, -0.15) is 0 Å². The number of anilines is 2. The first kappa shape index (κ1) is 25.0. The molecule has 5 nitrogen and oxygen atoms in total. The number of halogens is 4. The summed E-state index contributed by atoms with van der Waals surface area (Å²) in [7, 11) is -3.85. The molecule has 1 atom stereocenters. The molecule has 11 heteroatoms. The van der Waals surface area contributed by atoms with Gasteiger partial charge in [-0.1, -0.05) is 46.4 Å². The van der Waals surface area contributed by atoms with E-state index in [1.165, 1.54) is 54.2 Å². The molecule has 1 amide bonds. The van der Waals surface area contributed by atoms with Crippen molar-refractivity contribution in [2.45, 2.75) is 22.0 Å². The smallest absolute Gasteiger partial charge is 0.261 e. The quantitative estimate of drug-likeness (QED) is 0.305. The molecule has 32 heavy (non-hydrogen) atoms.